The number of aliphatic carboxylic acids is 1. The van der Waals surface area contributed by atoms with Gasteiger partial charge in [0.15, 0.2) is 9.84 Å². The van der Waals surface area contributed by atoms with Gasteiger partial charge in [-0.15, -0.1) is 0 Å². The predicted octanol–water partition coefficient (Wildman–Crippen LogP) is 0.0698. The van der Waals surface area contributed by atoms with Crippen LogP contribution in [0.2, 0.25) is 0 Å². The Hall–Kier alpha value is -1.31. The normalized spacial score (nSPS) is 22.1. The second kappa shape index (κ2) is 5.77. The molecule has 0 spiro atoms. The lowest BCUT2D eigenvalue weighted by Crippen LogP contribution is -2.56. The van der Waals surface area contributed by atoms with Gasteiger partial charge in [0.05, 0.1) is 11.5 Å². The number of hydrogen-bond donors (Lipinski definition) is 2. The van der Waals surface area contributed by atoms with Crippen molar-refractivity contribution in [1.82, 2.24) is 10.2 Å². The molecule has 19 heavy (non-hydrogen) atoms. The molecule has 0 saturated carbocycles. The van der Waals surface area contributed by atoms with Crippen molar-refractivity contribution in [3.8, 4) is 0 Å². The average molecular weight is 292 g/mol. The Kier molecular flexibility index (Phi) is 4.78. The SMILES string of the molecule is CCC(C)(NC(=O)N1CCCS(=O)(=O)CC1)C(=O)O. The Bertz CT molecular complexity index is 462. The summed E-state index contributed by atoms with van der Waals surface area (Å²) in [6.07, 6.45) is 0.631. The highest BCUT2D eigenvalue weighted by Gasteiger charge is 2.34. The monoisotopic (exact) mass is 292 g/mol. The fourth-order valence-electron chi connectivity index (χ4n) is 1.75. The number of nitrogens with zero attached hydrogens (tertiary/aromatic N) is 1. The molecule has 1 rings (SSSR count). The average Bonchev–Trinajstić information content (AvgIpc) is 2.49. The van der Waals surface area contributed by atoms with Gasteiger partial charge in [0.1, 0.15) is 5.54 Å². The minimum Gasteiger partial charge on any atom is -0.480 e. The second-order valence-corrected chi connectivity index (χ2v) is 7.22. The van der Waals surface area contributed by atoms with Gasteiger partial charge in [-0.1, -0.05) is 6.92 Å². The van der Waals surface area contributed by atoms with Crippen LogP contribution in [0, 0.1) is 0 Å². The van der Waals surface area contributed by atoms with Crippen molar-refractivity contribution in [2.45, 2.75) is 32.2 Å². The molecule has 0 aromatic rings. The summed E-state index contributed by atoms with van der Waals surface area (Å²) in [5, 5.41) is 11.5. The van der Waals surface area contributed by atoms with Crippen molar-refractivity contribution in [3.05, 3.63) is 0 Å². The molecule has 0 bridgehead atoms. The summed E-state index contributed by atoms with van der Waals surface area (Å²) >= 11 is 0. The maximum Gasteiger partial charge on any atom is 0.329 e. The smallest absolute Gasteiger partial charge is 0.329 e. The summed E-state index contributed by atoms with van der Waals surface area (Å²) in [4.78, 5) is 24.5. The number of hydrogen-bond acceptors (Lipinski definition) is 4. The van der Waals surface area contributed by atoms with Crippen LogP contribution in [0.3, 0.4) is 0 Å². The van der Waals surface area contributed by atoms with E-state index in [1.807, 2.05) is 0 Å². The highest BCUT2D eigenvalue weighted by Crippen LogP contribution is 2.12. The summed E-state index contributed by atoms with van der Waals surface area (Å²) in [5.74, 6) is -1.11. The van der Waals surface area contributed by atoms with Crippen molar-refractivity contribution in [2.24, 2.45) is 0 Å². The van der Waals surface area contributed by atoms with Gasteiger partial charge in [0.2, 0.25) is 0 Å². The van der Waals surface area contributed by atoms with Crippen molar-refractivity contribution < 1.29 is 23.1 Å². The molecule has 2 amide bonds. The Morgan fingerprint density at radius 1 is 1.32 bits per heavy atom. The lowest BCUT2D eigenvalue weighted by Gasteiger charge is -2.29. The summed E-state index contributed by atoms with van der Waals surface area (Å²) in [5.41, 5.74) is -1.33. The molecular formula is C11H20N2O5S. The van der Waals surface area contributed by atoms with Crippen LogP contribution in [0.5, 0.6) is 0 Å². The Balaban J connectivity index is 2.71. The van der Waals surface area contributed by atoms with Gasteiger partial charge in [-0.3, -0.25) is 0 Å². The first-order valence-corrected chi connectivity index (χ1v) is 8.03. The number of nitrogens with one attached hydrogen (secondary N) is 1. The molecule has 0 aromatic carbocycles. The summed E-state index contributed by atoms with van der Waals surface area (Å²) < 4.78 is 22.9. The minimum atomic E-state index is -3.09. The molecule has 1 aliphatic heterocycles. The van der Waals surface area contributed by atoms with Crippen LogP contribution >= 0.6 is 0 Å². The van der Waals surface area contributed by atoms with E-state index in [4.69, 9.17) is 5.11 Å². The van der Waals surface area contributed by atoms with Crippen LogP contribution < -0.4 is 5.32 Å². The maximum atomic E-state index is 12.0. The van der Waals surface area contributed by atoms with Crippen LogP contribution in [0.4, 0.5) is 4.79 Å². The van der Waals surface area contributed by atoms with Crippen molar-refractivity contribution in [1.29, 1.82) is 0 Å². The first-order valence-electron chi connectivity index (χ1n) is 6.21. The number of carbonyl (C=O) groups excluding carboxylic acids is 1. The molecule has 1 heterocycles. The number of carbonyl (C=O) groups is 2. The number of sulfone groups is 1. The van der Waals surface area contributed by atoms with E-state index in [1.54, 1.807) is 6.92 Å². The van der Waals surface area contributed by atoms with E-state index in [-0.39, 0.29) is 24.5 Å². The Labute approximate surface area is 112 Å². The van der Waals surface area contributed by atoms with Gasteiger partial charge >= 0.3 is 12.0 Å². The molecular weight excluding hydrogens is 272 g/mol. The maximum absolute atomic E-state index is 12.0. The first-order chi connectivity index (χ1) is 8.70. The van der Waals surface area contributed by atoms with Crippen molar-refractivity contribution in [2.75, 3.05) is 24.6 Å². The zero-order chi connectivity index (χ0) is 14.7. The molecule has 1 atom stereocenters. The first kappa shape index (κ1) is 15.7. The fourth-order valence-corrected chi connectivity index (χ4v) is 3.02. The molecule has 2 N–H and O–H groups in total. The van der Waals surface area contributed by atoms with E-state index in [0.717, 1.165) is 0 Å². The zero-order valence-corrected chi connectivity index (χ0v) is 12.0. The number of carboxylic acids is 1. The van der Waals surface area contributed by atoms with E-state index >= 15 is 0 Å². The number of carboxylic acid groups (broad SMARTS) is 1. The number of amides is 2. The number of urea groups is 1. The molecule has 1 aliphatic rings. The Morgan fingerprint density at radius 2 is 1.95 bits per heavy atom. The summed E-state index contributed by atoms with van der Waals surface area (Å²) in [6.45, 7) is 3.53. The fraction of sp³-hybridized carbons (Fsp3) is 0.818. The van der Waals surface area contributed by atoms with Gasteiger partial charge in [-0.05, 0) is 19.8 Å². The lowest BCUT2D eigenvalue weighted by molar-refractivity contribution is -0.143. The molecule has 0 radical (unpaired) electrons. The Morgan fingerprint density at radius 3 is 2.47 bits per heavy atom. The second-order valence-electron chi connectivity index (χ2n) is 4.91. The topological polar surface area (TPSA) is 104 Å². The highest BCUT2D eigenvalue weighted by molar-refractivity contribution is 7.91. The third-order valence-electron chi connectivity index (χ3n) is 3.40. The minimum absolute atomic E-state index is 0.0702. The van der Waals surface area contributed by atoms with Crippen molar-refractivity contribution >= 4 is 21.8 Å². The predicted molar refractivity (Wildman–Crippen MR) is 69.7 cm³/mol. The van der Waals surface area contributed by atoms with Crippen LogP contribution in [-0.2, 0) is 14.6 Å². The summed E-state index contributed by atoms with van der Waals surface area (Å²) in [7, 11) is -3.09. The van der Waals surface area contributed by atoms with Crippen LogP contribution in [0.25, 0.3) is 0 Å². The van der Waals surface area contributed by atoms with Gasteiger partial charge in [0, 0.05) is 13.1 Å². The van der Waals surface area contributed by atoms with Crippen LogP contribution in [0.15, 0.2) is 0 Å². The van der Waals surface area contributed by atoms with Gasteiger partial charge in [-0.25, -0.2) is 18.0 Å². The molecule has 110 valence electrons. The van der Waals surface area contributed by atoms with Gasteiger partial charge in [0.25, 0.3) is 0 Å². The largest absolute Gasteiger partial charge is 0.480 e. The summed E-state index contributed by atoms with van der Waals surface area (Å²) in [6, 6.07) is -0.524. The van der Waals surface area contributed by atoms with Crippen LogP contribution in [-0.4, -0.2) is 60.6 Å². The van der Waals surface area contributed by atoms with E-state index in [2.05, 4.69) is 5.32 Å². The highest BCUT2D eigenvalue weighted by atomic mass is 32.2. The molecule has 1 unspecified atom stereocenters. The van der Waals surface area contributed by atoms with E-state index in [0.29, 0.717) is 13.0 Å². The third-order valence-corrected chi connectivity index (χ3v) is 5.12. The quantitative estimate of drug-likeness (QED) is 0.766. The number of rotatable bonds is 3. The molecule has 1 fully saturated rings. The molecule has 8 heteroatoms. The van der Waals surface area contributed by atoms with E-state index < -0.39 is 27.4 Å². The van der Waals surface area contributed by atoms with Crippen molar-refractivity contribution in [3.63, 3.8) is 0 Å². The molecule has 0 aliphatic carbocycles. The molecule has 7 nitrogen and oxygen atoms in total. The van der Waals surface area contributed by atoms with Gasteiger partial charge < -0.3 is 15.3 Å². The van der Waals surface area contributed by atoms with Crippen LogP contribution in [0.1, 0.15) is 26.7 Å². The molecule has 0 aromatic heterocycles. The standard InChI is InChI=1S/C11H20N2O5S/c1-3-11(2,9(14)15)12-10(16)13-5-4-7-19(17,18)8-6-13/h3-8H2,1-2H3,(H,12,16)(H,14,15). The lowest BCUT2D eigenvalue weighted by atomic mass is 10.00. The van der Waals surface area contributed by atoms with E-state index in [1.165, 1.54) is 11.8 Å². The zero-order valence-electron chi connectivity index (χ0n) is 11.2. The third kappa shape index (κ3) is 4.09. The van der Waals surface area contributed by atoms with E-state index in [9.17, 15) is 18.0 Å². The molecule has 1 saturated heterocycles. The van der Waals surface area contributed by atoms with Gasteiger partial charge in [-0.2, -0.15) is 0 Å².